The first-order valence-corrected chi connectivity index (χ1v) is 6.59. The molecular weight excluding hydrogens is 224 g/mol. The summed E-state index contributed by atoms with van der Waals surface area (Å²) in [5.41, 5.74) is 3.34. The van der Waals surface area contributed by atoms with E-state index in [2.05, 4.69) is 29.4 Å². The van der Waals surface area contributed by atoms with Gasteiger partial charge in [0.05, 0.1) is 12.8 Å². The molecule has 0 radical (unpaired) electrons. The lowest BCUT2D eigenvalue weighted by atomic mass is 10.0. The van der Waals surface area contributed by atoms with Gasteiger partial charge in [0, 0.05) is 29.9 Å². The Morgan fingerprint density at radius 3 is 2.89 bits per heavy atom. The molecular formula is C15H22N2O. The highest BCUT2D eigenvalue weighted by molar-refractivity contribution is 5.41. The summed E-state index contributed by atoms with van der Waals surface area (Å²) in [7, 11) is 1.72. The second-order valence-electron chi connectivity index (χ2n) is 4.91. The van der Waals surface area contributed by atoms with Gasteiger partial charge in [-0.3, -0.25) is 4.98 Å². The predicted molar refractivity (Wildman–Crippen MR) is 73.9 cm³/mol. The summed E-state index contributed by atoms with van der Waals surface area (Å²) in [6.07, 6.45) is 9.94. The number of rotatable bonds is 4. The van der Waals surface area contributed by atoms with E-state index in [1.807, 2.05) is 13.1 Å². The zero-order chi connectivity index (χ0) is 13.0. The lowest BCUT2D eigenvalue weighted by Crippen LogP contribution is -2.29. The van der Waals surface area contributed by atoms with Crippen LogP contribution in [0.5, 0.6) is 5.75 Å². The van der Waals surface area contributed by atoms with Gasteiger partial charge in [-0.1, -0.05) is 12.2 Å². The van der Waals surface area contributed by atoms with Gasteiger partial charge < -0.3 is 10.1 Å². The van der Waals surface area contributed by atoms with Gasteiger partial charge in [0.2, 0.25) is 0 Å². The normalized spacial score (nSPS) is 18.9. The number of methoxy groups -OCH3 is 1. The van der Waals surface area contributed by atoms with Crippen molar-refractivity contribution in [3.63, 3.8) is 0 Å². The molecule has 0 spiro atoms. The summed E-state index contributed by atoms with van der Waals surface area (Å²) in [6.45, 7) is 4.93. The van der Waals surface area contributed by atoms with Gasteiger partial charge in [0.1, 0.15) is 5.75 Å². The van der Waals surface area contributed by atoms with Crippen molar-refractivity contribution in [1.29, 1.82) is 0 Å². The summed E-state index contributed by atoms with van der Waals surface area (Å²) in [5, 5.41) is 3.58. The summed E-state index contributed by atoms with van der Waals surface area (Å²) in [4.78, 5) is 4.51. The standard InChI is InChI=1S/C15H22N2O/c1-11-9-17-14(12(2)15(11)18-3)10-16-13-7-5-4-6-8-13/h4-5,9,13,16H,6-8,10H2,1-3H3. The minimum atomic E-state index is 0.587. The topological polar surface area (TPSA) is 34.1 Å². The molecule has 0 fully saturated rings. The molecule has 2 rings (SSSR count). The van der Waals surface area contributed by atoms with Crippen LogP contribution in [0.3, 0.4) is 0 Å². The Labute approximate surface area is 109 Å². The van der Waals surface area contributed by atoms with Crippen LogP contribution in [0.25, 0.3) is 0 Å². The van der Waals surface area contributed by atoms with Gasteiger partial charge in [0.15, 0.2) is 0 Å². The number of aromatic nitrogens is 1. The summed E-state index contributed by atoms with van der Waals surface area (Å²) in [5.74, 6) is 0.963. The first kappa shape index (κ1) is 13.1. The number of hydrogen-bond acceptors (Lipinski definition) is 3. The molecule has 98 valence electrons. The third-order valence-corrected chi connectivity index (χ3v) is 3.58. The van der Waals surface area contributed by atoms with Crippen LogP contribution in [0, 0.1) is 13.8 Å². The van der Waals surface area contributed by atoms with Gasteiger partial charge in [-0.15, -0.1) is 0 Å². The van der Waals surface area contributed by atoms with Crippen LogP contribution >= 0.6 is 0 Å². The van der Waals surface area contributed by atoms with Crippen molar-refractivity contribution in [2.24, 2.45) is 0 Å². The van der Waals surface area contributed by atoms with Crippen LogP contribution < -0.4 is 10.1 Å². The number of pyridine rings is 1. The number of allylic oxidation sites excluding steroid dienone is 1. The molecule has 1 aromatic rings. The van der Waals surface area contributed by atoms with Gasteiger partial charge in [-0.2, -0.15) is 0 Å². The first-order valence-electron chi connectivity index (χ1n) is 6.59. The second kappa shape index (κ2) is 6.01. The summed E-state index contributed by atoms with van der Waals surface area (Å²) < 4.78 is 5.43. The van der Waals surface area contributed by atoms with Gasteiger partial charge in [0.25, 0.3) is 0 Å². The Kier molecular flexibility index (Phi) is 4.37. The van der Waals surface area contributed by atoms with E-state index in [0.717, 1.165) is 35.5 Å². The molecule has 1 N–H and O–H groups in total. The predicted octanol–water partition coefficient (Wildman–Crippen LogP) is 2.91. The molecule has 1 atom stereocenters. The third kappa shape index (κ3) is 2.91. The average Bonchev–Trinajstić information content (AvgIpc) is 2.40. The van der Waals surface area contributed by atoms with Crippen molar-refractivity contribution in [1.82, 2.24) is 10.3 Å². The number of nitrogens with zero attached hydrogens (tertiary/aromatic N) is 1. The van der Waals surface area contributed by atoms with E-state index in [1.165, 1.54) is 12.8 Å². The van der Waals surface area contributed by atoms with Gasteiger partial charge >= 0.3 is 0 Å². The maximum atomic E-state index is 5.43. The first-order chi connectivity index (χ1) is 8.72. The molecule has 18 heavy (non-hydrogen) atoms. The molecule has 0 aliphatic heterocycles. The van der Waals surface area contributed by atoms with Crippen molar-refractivity contribution in [3.8, 4) is 5.75 Å². The molecule has 1 unspecified atom stereocenters. The van der Waals surface area contributed by atoms with Crippen molar-refractivity contribution in [2.75, 3.05) is 7.11 Å². The fourth-order valence-corrected chi connectivity index (χ4v) is 2.47. The highest BCUT2D eigenvalue weighted by atomic mass is 16.5. The van der Waals surface area contributed by atoms with Crippen LogP contribution in [0.15, 0.2) is 18.3 Å². The molecule has 1 aromatic heterocycles. The second-order valence-corrected chi connectivity index (χ2v) is 4.91. The molecule has 0 saturated heterocycles. The summed E-state index contributed by atoms with van der Waals surface area (Å²) >= 11 is 0. The molecule has 0 bridgehead atoms. The average molecular weight is 246 g/mol. The summed E-state index contributed by atoms with van der Waals surface area (Å²) in [6, 6.07) is 0.587. The minimum Gasteiger partial charge on any atom is -0.496 e. The van der Waals surface area contributed by atoms with E-state index in [0.29, 0.717) is 6.04 Å². The van der Waals surface area contributed by atoms with E-state index >= 15 is 0 Å². The number of hydrogen-bond donors (Lipinski definition) is 1. The van der Waals surface area contributed by atoms with E-state index in [9.17, 15) is 0 Å². The largest absolute Gasteiger partial charge is 0.496 e. The Hall–Kier alpha value is -1.35. The number of nitrogens with one attached hydrogen (secondary N) is 1. The van der Waals surface area contributed by atoms with Gasteiger partial charge in [-0.05, 0) is 33.1 Å². The van der Waals surface area contributed by atoms with Crippen LogP contribution in [-0.4, -0.2) is 18.1 Å². The van der Waals surface area contributed by atoms with E-state index in [4.69, 9.17) is 4.74 Å². The molecule has 0 aromatic carbocycles. The SMILES string of the molecule is COc1c(C)cnc(CNC2CC=CCC2)c1C. The maximum absolute atomic E-state index is 5.43. The van der Waals surface area contributed by atoms with E-state index in [-0.39, 0.29) is 0 Å². The molecule has 0 saturated carbocycles. The van der Waals surface area contributed by atoms with Gasteiger partial charge in [-0.25, -0.2) is 0 Å². The Bertz CT molecular complexity index is 440. The van der Waals surface area contributed by atoms with Crippen LogP contribution in [-0.2, 0) is 6.54 Å². The molecule has 1 aliphatic carbocycles. The Morgan fingerprint density at radius 2 is 2.22 bits per heavy atom. The zero-order valence-corrected chi connectivity index (χ0v) is 11.5. The maximum Gasteiger partial charge on any atom is 0.128 e. The van der Waals surface area contributed by atoms with Crippen LogP contribution in [0.2, 0.25) is 0 Å². The van der Waals surface area contributed by atoms with E-state index in [1.54, 1.807) is 7.11 Å². The highest BCUT2D eigenvalue weighted by Gasteiger charge is 2.12. The van der Waals surface area contributed by atoms with Crippen molar-refractivity contribution in [2.45, 2.75) is 45.7 Å². The molecule has 1 heterocycles. The van der Waals surface area contributed by atoms with Crippen LogP contribution in [0.1, 0.15) is 36.1 Å². The van der Waals surface area contributed by atoms with Crippen LogP contribution in [0.4, 0.5) is 0 Å². The van der Waals surface area contributed by atoms with Crippen molar-refractivity contribution < 1.29 is 4.74 Å². The highest BCUT2D eigenvalue weighted by Crippen LogP contribution is 2.24. The third-order valence-electron chi connectivity index (χ3n) is 3.58. The fraction of sp³-hybridized carbons (Fsp3) is 0.533. The Balaban J connectivity index is 2.03. The van der Waals surface area contributed by atoms with Crippen molar-refractivity contribution >= 4 is 0 Å². The smallest absolute Gasteiger partial charge is 0.128 e. The van der Waals surface area contributed by atoms with Crippen molar-refractivity contribution in [3.05, 3.63) is 35.2 Å². The lowest BCUT2D eigenvalue weighted by Gasteiger charge is -2.20. The Morgan fingerprint density at radius 1 is 1.39 bits per heavy atom. The fourth-order valence-electron chi connectivity index (χ4n) is 2.47. The number of aryl methyl sites for hydroxylation is 1. The molecule has 1 aliphatic rings. The van der Waals surface area contributed by atoms with E-state index < -0.39 is 0 Å². The lowest BCUT2D eigenvalue weighted by molar-refractivity contribution is 0.405. The quantitative estimate of drug-likeness (QED) is 0.829. The number of ether oxygens (including phenoxy) is 1. The monoisotopic (exact) mass is 246 g/mol. The minimum absolute atomic E-state index is 0.587. The molecule has 0 amide bonds. The zero-order valence-electron chi connectivity index (χ0n) is 11.5. The molecule has 3 nitrogen and oxygen atoms in total. The molecule has 3 heteroatoms.